The van der Waals surface area contributed by atoms with Crippen LogP contribution < -0.4 is 19.1 Å². The lowest BCUT2D eigenvalue weighted by Crippen LogP contribution is -2.27. The molecule has 0 N–H and O–H groups in total. The van der Waals surface area contributed by atoms with Gasteiger partial charge >= 0.3 is 0 Å². The number of methoxy groups -OCH3 is 1. The summed E-state index contributed by atoms with van der Waals surface area (Å²) in [6, 6.07) is 10.1. The molecule has 6 nitrogen and oxygen atoms in total. The number of ether oxygens (including phenoxy) is 3. The van der Waals surface area contributed by atoms with Crippen molar-refractivity contribution in [2.24, 2.45) is 0 Å². The van der Waals surface area contributed by atoms with E-state index in [0.29, 0.717) is 33.5 Å². The Labute approximate surface area is 158 Å². The molecule has 0 bridgehead atoms. The minimum absolute atomic E-state index is 0.130. The van der Waals surface area contributed by atoms with Crippen molar-refractivity contribution < 1.29 is 23.8 Å². The van der Waals surface area contributed by atoms with Crippen LogP contribution in [-0.4, -0.2) is 25.0 Å². The monoisotopic (exact) mass is 389 g/mol. The molecule has 2 aromatic carbocycles. The van der Waals surface area contributed by atoms with E-state index in [1.807, 2.05) is 0 Å². The summed E-state index contributed by atoms with van der Waals surface area (Å²) in [5.41, 5.74) is 0.971. The number of carbonyl (C=O) groups excluding carboxylic acids is 2. The highest BCUT2D eigenvalue weighted by Gasteiger charge is 2.37. The Bertz CT molecular complexity index is 959. The first-order valence-electron chi connectivity index (χ1n) is 7.58. The van der Waals surface area contributed by atoms with Gasteiger partial charge in [0.25, 0.3) is 11.1 Å². The summed E-state index contributed by atoms with van der Waals surface area (Å²) in [5, 5.41) is -0.0780. The topological polar surface area (TPSA) is 65.1 Å². The molecular formula is C18H12ClNO5S. The van der Waals surface area contributed by atoms with Crippen LogP contribution in [-0.2, 0) is 4.79 Å². The number of rotatable bonds is 3. The maximum Gasteiger partial charge on any atom is 0.298 e. The van der Waals surface area contributed by atoms with Gasteiger partial charge in [-0.05, 0) is 36.0 Å². The van der Waals surface area contributed by atoms with Crippen LogP contribution in [0.4, 0.5) is 10.5 Å². The Morgan fingerprint density at radius 2 is 1.92 bits per heavy atom. The van der Waals surface area contributed by atoms with E-state index in [-0.39, 0.29) is 11.7 Å². The van der Waals surface area contributed by atoms with E-state index >= 15 is 0 Å². The Kier molecular flexibility index (Phi) is 4.26. The van der Waals surface area contributed by atoms with Crippen LogP contribution in [0.3, 0.4) is 0 Å². The molecule has 0 spiro atoms. The Morgan fingerprint density at radius 3 is 2.65 bits per heavy atom. The van der Waals surface area contributed by atoms with Crippen molar-refractivity contribution in [2.45, 2.75) is 0 Å². The molecule has 0 saturated carbocycles. The van der Waals surface area contributed by atoms with Gasteiger partial charge in [0.05, 0.1) is 22.7 Å². The first kappa shape index (κ1) is 16.8. The van der Waals surface area contributed by atoms with E-state index in [1.54, 1.807) is 42.5 Å². The number of para-hydroxylation sites is 1. The number of anilines is 1. The van der Waals surface area contributed by atoms with Gasteiger partial charge in [-0.15, -0.1) is 0 Å². The molecule has 0 radical (unpaired) electrons. The summed E-state index contributed by atoms with van der Waals surface area (Å²) in [4.78, 5) is 26.5. The second kappa shape index (κ2) is 6.59. The fourth-order valence-electron chi connectivity index (χ4n) is 2.68. The van der Waals surface area contributed by atoms with Crippen molar-refractivity contribution >= 4 is 46.3 Å². The predicted molar refractivity (Wildman–Crippen MR) is 99.0 cm³/mol. The molecule has 0 unspecified atom stereocenters. The summed E-state index contributed by atoms with van der Waals surface area (Å²) in [5.74, 6) is 1.21. The van der Waals surface area contributed by atoms with Crippen molar-refractivity contribution in [3.63, 3.8) is 0 Å². The quantitative estimate of drug-likeness (QED) is 0.728. The van der Waals surface area contributed by atoms with Gasteiger partial charge < -0.3 is 14.2 Å². The zero-order valence-electron chi connectivity index (χ0n) is 13.5. The van der Waals surface area contributed by atoms with Crippen LogP contribution >= 0.6 is 23.4 Å². The van der Waals surface area contributed by atoms with Gasteiger partial charge in [-0.25, -0.2) is 4.90 Å². The lowest BCUT2D eigenvalue weighted by atomic mass is 10.1. The minimum atomic E-state index is -0.437. The van der Waals surface area contributed by atoms with E-state index in [2.05, 4.69) is 0 Å². The molecule has 132 valence electrons. The van der Waals surface area contributed by atoms with E-state index in [9.17, 15) is 9.59 Å². The van der Waals surface area contributed by atoms with Crippen molar-refractivity contribution in [1.29, 1.82) is 0 Å². The Morgan fingerprint density at radius 1 is 1.19 bits per heavy atom. The molecule has 2 amide bonds. The third-order valence-electron chi connectivity index (χ3n) is 3.90. The molecule has 4 rings (SSSR count). The van der Waals surface area contributed by atoms with E-state index < -0.39 is 11.1 Å². The molecule has 2 aliphatic rings. The van der Waals surface area contributed by atoms with Crippen LogP contribution in [0.5, 0.6) is 17.2 Å². The maximum atomic E-state index is 12.8. The van der Waals surface area contributed by atoms with Crippen molar-refractivity contribution in [3.05, 3.63) is 51.9 Å². The average Bonchev–Trinajstić information content (AvgIpc) is 3.19. The number of thioether (sulfide) groups is 1. The second-order valence-electron chi connectivity index (χ2n) is 5.42. The fourth-order valence-corrected chi connectivity index (χ4v) is 3.72. The number of nitrogens with zero attached hydrogens (tertiary/aromatic N) is 1. The fraction of sp³-hybridized carbons (Fsp3) is 0.111. The minimum Gasteiger partial charge on any atom is -0.496 e. The van der Waals surface area contributed by atoms with E-state index in [1.165, 1.54) is 7.11 Å². The summed E-state index contributed by atoms with van der Waals surface area (Å²) in [6.45, 7) is 0.130. The maximum absolute atomic E-state index is 12.8. The van der Waals surface area contributed by atoms with Crippen molar-refractivity contribution in [3.8, 4) is 17.2 Å². The summed E-state index contributed by atoms with van der Waals surface area (Å²) in [6.07, 6.45) is 1.60. The predicted octanol–water partition coefficient (Wildman–Crippen LogP) is 4.32. The largest absolute Gasteiger partial charge is 0.496 e. The number of hydrogen-bond acceptors (Lipinski definition) is 6. The van der Waals surface area contributed by atoms with Crippen LogP contribution in [0.2, 0.25) is 5.02 Å². The first-order chi connectivity index (χ1) is 12.6. The van der Waals surface area contributed by atoms with Crippen molar-refractivity contribution in [2.75, 3.05) is 18.8 Å². The van der Waals surface area contributed by atoms with Crippen LogP contribution in [0.15, 0.2) is 41.3 Å². The molecule has 1 fully saturated rings. The van der Waals surface area contributed by atoms with Gasteiger partial charge in [0, 0.05) is 11.6 Å². The zero-order valence-corrected chi connectivity index (χ0v) is 15.1. The van der Waals surface area contributed by atoms with E-state index in [0.717, 1.165) is 16.7 Å². The number of fused-ring (bicyclic) bond motifs is 1. The lowest BCUT2D eigenvalue weighted by molar-refractivity contribution is -0.113. The molecule has 8 heteroatoms. The van der Waals surface area contributed by atoms with Crippen LogP contribution in [0.25, 0.3) is 6.08 Å². The average molecular weight is 390 g/mol. The third kappa shape index (κ3) is 2.79. The summed E-state index contributed by atoms with van der Waals surface area (Å²) >= 11 is 6.97. The highest BCUT2D eigenvalue weighted by atomic mass is 35.5. The lowest BCUT2D eigenvalue weighted by Gasteiger charge is -2.13. The smallest absolute Gasteiger partial charge is 0.298 e. The third-order valence-corrected chi connectivity index (χ3v) is 5.09. The standard InChI is InChI=1S/C18H12ClNO5S/c1-23-13-8-15-14(24-9-25-15)6-10(13)7-16-17(21)20(18(22)26-16)12-5-3-2-4-11(12)19/h2-8H,9H2,1H3/b16-7-. The Balaban J connectivity index is 1.72. The van der Waals surface area contributed by atoms with Gasteiger partial charge in [-0.1, -0.05) is 23.7 Å². The summed E-state index contributed by atoms with van der Waals surface area (Å²) in [7, 11) is 1.52. The Hall–Kier alpha value is -2.64. The van der Waals surface area contributed by atoms with Gasteiger partial charge in [0.1, 0.15) is 5.75 Å². The highest BCUT2D eigenvalue weighted by molar-refractivity contribution is 8.19. The first-order valence-corrected chi connectivity index (χ1v) is 8.78. The number of imide groups is 1. The van der Waals surface area contributed by atoms with Crippen LogP contribution in [0, 0.1) is 0 Å². The number of hydrogen-bond donors (Lipinski definition) is 0. The molecule has 2 heterocycles. The normalized spacial score (nSPS) is 17.3. The molecule has 0 atom stereocenters. The van der Waals surface area contributed by atoms with Crippen LogP contribution in [0.1, 0.15) is 5.56 Å². The highest BCUT2D eigenvalue weighted by Crippen LogP contribution is 2.42. The number of benzene rings is 2. The van der Waals surface area contributed by atoms with Gasteiger partial charge in [0.15, 0.2) is 11.5 Å². The van der Waals surface area contributed by atoms with E-state index in [4.69, 9.17) is 25.8 Å². The summed E-state index contributed by atoms with van der Waals surface area (Å²) < 4.78 is 16.0. The molecule has 26 heavy (non-hydrogen) atoms. The molecule has 2 aliphatic heterocycles. The SMILES string of the molecule is COc1cc2c(cc1/C=C1\SC(=O)N(c3ccccc3Cl)C1=O)OCO2. The van der Waals surface area contributed by atoms with Gasteiger partial charge in [-0.2, -0.15) is 0 Å². The van der Waals surface area contributed by atoms with Gasteiger partial charge in [-0.3, -0.25) is 9.59 Å². The van der Waals surface area contributed by atoms with Crippen molar-refractivity contribution in [1.82, 2.24) is 0 Å². The zero-order chi connectivity index (χ0) is 18.3. The molecule has 2 aromatic rings. The molecule has 0 aromatic heterocycles. The second-order valence-corrected chi connectivity index (χ2v) is 6.82. The van der Waals surface area contributed by atoms with Gasteiger partial charge in [0.2, 0.25) is 6.79 Å². The molecule has 1 saturated heterocycles. The number of carbonyl (C=O) groups is 2. The molecular weight excluding hydrogens is 378 g/mol. The number of halogens is 1. The number of amides is 2. The molecule has 0 aliphatic carbocycles.